The molecule has 5 heteroatoms. The van der Waals surface area contributed by atoms with Crippen LogP contribution < -0.4 is 26.2 Å². The molecule has 0 spiro atoms. The van der Waals surface area contributed by atoms with Crippen molar-refractivity contribution in [2.45, 2.75) is 38.0 Å². The Kier molecular flexibility index (Phi) is 5.73. The van der Waals surface area contributed by atoms with Crippen molar-refractivity contribution in [2.75, 3.05) is 9.80 Å². The van der Waals surface area contributed by atoms with Gasteiger partial charge in [0.2, 0.25) is 0 Å². The number of anilines is 6. The molecule has 0 unspecified atom stereocenters. The average Bonchev–Trinajstić information content (AvgIpc) is 3.02. The minimum absolute atomic E-state index is 0.126. The van der Waals surface area contributed by atoms with Crippen LogP contribution in [-0.2, 0) is 0 Å². The summed E-state index contributed by atoms with van der Waals surface area (Å²) in [5, 5.41) is 0. The predicted molar refractivity (Wildman–Crippen MR) is 166 cm³/mol. The van der Waals surface area contributed by atoms with E-state index in [1.807, 2.05) is 24.3 Å². The van der Waals surface area contributed by atoms with Gasteiger partial charge in [0.25, 0.3) is 6.71 Å². The monoisotopic (exact) mass is 538 g/mol. The smallest absolute Gasteiger partial charge is 0.252 e. The second-order valence-corrected chi connectivity index (χ2v) is 11.5. The van der Waals surface area contributed by atoms with Gasteiger partial charge in [0, 0.05) is 34.1 Å². The number of rotatable bonds is 3. The quantitative estimate of drug-likeness (QED) is 0.210. The van der Waals surface area contributed by atoms with E-state index in [1.165, 1.54) is 55.9 Å². The van der Waals surface area contributed by atoms with Crippen molar-refractivity contribution in [3.63, 3.8) is 0 Å². The summed E-state index contributed by atoms with van der Waals surface area (Å²) in [5.74, 6) is -0.0389. The van der Waals surface area contributed by atoms with Crippen LogP contribution in [0.4, 0.5) is 42.9 Å². The maximum Gasteiger partial charge on any atom is 0.252 e. The molecule has 0 saturated heterocycles. The average molecular weight is 538 g/mol. The van der Waals surface area contributed by atoms with E-state index >= 15 is 4.39 Å². The molecule has 0 aromatic heterocycles. The molecule has 0 radical (unpaired) electrons. The number of para-hydroxylation sites is 2. The fraction of sp³-hybridized carbons (Fsp3) is 0.167. The van der Waals surface area contributed by atoms with Crippen LogP contribution >= 0.6 is 0 Å². The summed E-state index contributed by atoms with van der Waals surface area (Å²) in [4.78, 5) is 4.59. The van der Waals surface area contributed by atoms with E-state index in [4.69, 9.17) is 0 Å². The Labute approximate surface area is 240 Å². The maximum atomic E-state index is 15.0. The number of hydrogen-bond acceptors (Lipinski definition) is 2. The molecule has 0 amide bonds. The minimum Gasteiger partial charge on any atom is -0.311 e. The second-order valence-electron chi connectivity index (χ2n) is 11.5. The normalized spacial score (nSPS) is 15.8. The van der Waals surface area contributed by atoms with Gasteiger partial charge in [0.05, 0.1) is 0 Å². The molecule has 200 valence electrons. The number of fused-ring (bicyclic) bond motifs is 4. The van der Waals surface area contributed by atoms with E-state index < -0.39 is 0 Å². The first-order valence-corrected chi connectivity index (χ1v) is 14.6. The highest BCUT2D eigenvalue weighted by Gasteiger charge is 2.43. The Hall–Kier alpha value is -4.38. The van der Waals surface area contributed by atoms with Crippen molar-refractivity contribution in [1.82, 2.24) is 0 Å². The van der Waals surface area contributed by atoms with Gasteiger partial charge in [-0.1, -0.05) is 55.7 Å². The molecule has 3 aliphatic rings. The van der Waals surface area contributed by atoms with Gasteiger partial charge < -0.3 is 9.80 Å². The van der Waals surface area contributed by atoms with E-state index in [1.54, 1.807) is 6.07 Å². The largest absolute Gasteiger partial charge is 0.311 e. The Balaban J connectivity index is 1.47. The molecule has 5 aromatic carbocycles. The molecule has 41 heavy (non-hydrogen) atoms. The van der Waals surface area contributed by atoms with Crippen LogP contribution in [0, 0.1) is 11.6 Å². The molecule has 2 heterocycles. The van der Waals surface area contributed by atoms with E-state index in [0.717, 1.165) is 50.5 Å². The highest BCUT2D eigenvalue weighted by atomic mass is 19.1. The van der Waals surface area contributed by atoms with E-state index in [-0.39, 0.29) is 18.3 Å². The van der Waals surface area contributed by atoms with Crippen LogP contribution in [-0.4, -0.2) is 6.71 Å². The predicted octanol–water partition coefficient (Wildman–Crippen LogP) is 8.10. The summed E-state index contributed by atoms with van der Waals surface area (Å²) < 4.78 is 29.2. The molecule has 0 bridgehead atoms. The Morgan fingerprint density at radius 3 is 1.88 bits per heavy atom. The van der Waals surface area contributed by atoms with Crippen molar-refractivity contribution < 1.29 is 8.78 Å². The summed E-state index contributed by atoms with van der Waals surface area (Å²) in [6.07, 6.45) is 6.15. The van der Waals surface area contributed by atoms with Gasteiger partial charge in [-0.3, -0.25) is 0 Å². The van der Waals surface area contributed by atoms with E-state index in [2.05, 4.69) is 70.5 Å². The molecule has 2 aliphatic heterocycles. The lowest BCUT2D eigenvalue weighted by atomic mass is 9.33. The second kappa shape index (κ2) is 9.62. The summed E-state index contributed by atoms with van der Waals surface area (Å²) in [7, 11) is 0. The van der Waals surface area contributed by atoms with Gasteiger partial charge in [-0.2, -0.15) is 0 Å². The Morgan fingerprint density at radius 1 is 0.537 bits per heavy atom. The van der Waals surface area contributed by atoms with E-state index in [0.29, 0.717) is 5.92 Å². The SMILES string of the molecule is Fc1ccc(N2c3ccc(F)cc3B3c4ccccc4N(c4ccccc4)c4cc(C5CCCCC5)cc2c43)cc1. The van der Waals surface area contributed by atoms with Gasteiger partial charge in [0.1, 0.15) is 11.6 Å². The lowest BCUT2D eigenvalue weighted by Crippen LogP contribution is -2.61. The maximum absolute atomic E-state index is 15.0. The van der Waals surface area contributed by atoms with Crippen LogP contribution in [0.5, 0.6) is 0 Å². The molecule has 0 atom stereocenters. The first kappa shape index (κ1) is 24.4. The Morgan fingerprint density at radius 2 is 1.15 bits per heavy atom. The molecule has 2 nitrogen and oxygen atoms in total. The summed E-state index contributed by atoms with van der Waals surface area (Å²) >= 11 is 0. The highest BCUT2D eigenvalue weighted by Crippen LogP contribution is 2.46. The number of hydrogen-bond donors (Lipinski definition) is 0. The lowest BCUT2D eigenvalue weighted by molar-refractivity contribution is 0.444. The van der Waals surface area contributed by atoms with Crippen LogP contribution in [0.25, 0.3) is 0 Å². The molecule has 0 N–H and O–H groups in total. The molecular formula is C36H29BF2N2. The first-order valence-electron chi connectivity index (χ1n) is 14.6. The Bertz CT molecular complexity index is 1760. The van der Waals surface area contributed by atoms with Crippen molar-refractivity contribution in [3.05, 3.63) is 126 Å². The van der Waals surface area contributed by atoms with Gasteiger partial charge in [-0.25, -0.2) is 8.78 Å². The lowest BCUT2D eigenvalue weighted by Gasteiger charge is -2.44. The molecule has 1 saturated carbocycles. The van der Waals surface area contributed by atoms with Crippen LogP contribution in [0.2, 0.25) is 0 Å². The standard InChI is InChI=1S/C36H29BF2N2/c38-26-15-18-29(19-16-26)41-33-20-17-27(39)23-31(33)37-30-13-7-8-14-32(30)40(28-11-5-2-6-12-28)34-21-25(22-35(41)36(34)37)24-9-3-1-4-10-24/h2,5-8,11-24H,1,3-4,9-10H2. The fourth-order valence-electron chi connectivity index (χ4n) is 7.34. The van der Waals surface area contributed by atoms with Gasteiger partial charge in [-0.15, -0.1) is 0 Å². The van der Waals surface area contributed by atoms with Crippen LogP contribution in [0.3, 0.4) is 0 Å². The summed E-state index contributed by atoms with van der Waals surface area (Å²) in [6.45, 7) is -0.126. The summed E-state index contributed by atoms with van der Waals surface area (Å²) in [5.41, 5.74) is 10.8. The summed E-state index contributed by atoms with van der Waals surface area (Å²) in [6, 6.07) is 35.6. The first-order chi connectivity index (χ1) is 20.2. The van der Waals surface area contributed by atoms with Gasteiger partial charge >= 0.3 is 0 Å². The minimum atomic E-state index is -0.273. The van der Waals surface area contributed by atoms with Crippen molar-refractivity contribution >= 4 is 57.2 Å². The zero-order chi connectivity index (χ0) is 27.5. The molecule has 5 aromatic rings. The van der Waals surface area contributed by atoms with Crippen LogP contribution in [0.1, 0.15) is 43.6 Å². The van der Waals surface area contributed by atoms with Gasteiger partial charge in [-0.05, 0) is 114 Å². The van der Waals surface area contributed by atoms with Gasteiger partial charge in [0.15, 0.2) is 0 Å². The number of benzene rings is 5. The molecule has 8 rings (SSSR count). The molecule has 1 aliphatic carbocycles. The van der Waals surface area contributed by atoms with Crippen molar-refractivity contribution in [3.8, 4) is 0 Å². The third kappa shape index (κ3) is 3.90. The number of nitrogens with zero attached hydrogens (tertiary/aromatic N) is 2. The van der Waals surface area contributed by atoms with Crippen molar-refractivity contribution in [1.29, 1.82) is 0 Å². The number of halogens is 2. The van der Waals surface area contributed by atoms with Crippen LogP contribution in [0.15, 0.2) is 109 Å². The molecular weight excluding hydrogens is 509 g/mol. The zero-order valence-electron chi connectivity index (χ0n) is 22.7. The highest BCUT2D eigenvalue weighted by molar-refractivity contribution is 7.00. The third-order valence-corrected chi connectivity index (χ3v) is 9.14. The topological polar surface area (TPSA) is 6.48 Å². The van der Waals surface area contributed by atoms with Crippen molar-refractivity contribution in [2.24, 2.45) is 0 Å². The zero-order valence-corrected chi connectivity index (χ0v) is 22.7. The fourth-order valence-corrected chi connectivity index (χ4v) is 7.34. The third-order valence-electron chi connectivity index (χ3n) is 9.14. The van der Waals surface area contributed by atoms with E-state index in [9.17, 15) is 4.39 Å². The molecule has 1 fully saturated rings.